The van der Waals surface area contributed by atoms with Crippen LogP contribution in [0, 0.1) is 0 Å². The van der Waals surface area contributed by atoms with Gasteiger partial charge in [-0.25, -0.2) is 15.0 Å². The molecule has 0 aliphatic heterocycles. The maximum absolute atomic E-state index is 5.13. The molecule has 1 aliphatic rings. The zero-order valence-electron chi connectivity index (χ0n) is 35.8. The van der Waals surface area contributed by atoms with E-state index in [0.717, 1.165) is 44.7 Å². The predicted molar refractivity (Wildman–Crippen MR) is 266 cm³/mol. The molecule has 4 aromatic heterocycles. The number of nitrogens with zero attached hydrogens (tertiary/aromatic N) is 6. The van der Waals surface area contributed by atoms with Crippen molar-refractivity contribution in [1.29, 1.82) is 0 Å². The quantitative estimate of drug-likeness (QED) is 0.167. The first-order valence-corrected chi connectivity index (χ1v) is 22.1. The molecule has 6 nitrogen and oxygen atoms in total. The molecule has 0 unspecified atom stereocenters. The van der Waals surface area contributed by atoms with E-state index < -0.39 is 0 Å². The highest BCUT2D eigenvalue weighted by Crippen LogP contribution is 2.58. The van der Waals surface area contributed by atoms with Crippen LogP contribution in [0.15, 0.2) is 207 Å². The van der Waals surface area contributed by atoms with Crippen LogP contribution >= 0.6 is 0 Å². The third-order valence-corrected chi connectivity index (χ3v) is 13.4. The van der Waals surface area contributed by atoms with E-state index in [0.29, 0.717) is 17.5 Å². The molecule has 1 aliphatic carbocycles. The second-order valence-electron chi connectivity index (χ2n) is 17.4. The van der Waals surface area contributed by atoms with Crippen molar-refractivity contribution in [2.45, 2.75) is 19.3 Å². The number of hydrogen-bond donors (Lipinski definition) is 0. The molecule has 0 saturated heterocycles. The lowest BCUT2D eigenvalue weighted by Crippen LogP contribution is -2.15. The van der Waals surface area contributed by atoms with Crippen LogP contribution in [0.3, 0.4) is 0 Å². The van der Waals surface area contributed by atoms with Gasteiger partial charge in [0.1, 0.15) is 0 Å². The first-order valence-electron chi connectivity index (χ1n) is 22.1. The van der Waals surface area contributed by atoms with E-state index >= 15 is 0 Å². The van der Waals surface area contributed by atoms with Crippen molar-refractivity contribution in [3.8, 4) is 67.8 Å². The number of aromatic nitrogens is 6. The van der Waals surface area contributed by atoms with Gasteiger partial charge in [-0.05, 0) is 82.4 Å². The molecule has 0 spiro atoms. The summed E-state index contributed by atoms with van der Waals surface area (Å²) < 4.78 is 5.00. The molecule has 8 aromatic carbocycles. The van der Waals surface area contributed by atoms with Crippen LogP contribution in [0.2, 0.25) is 0 Å². The molecule has 0 atom stereocenters. The van der Waals surface area contributed by atoms with Gasteiger partial charge in [0.25, 0.3) is 0 Å². The Kier molecular flexibility index (Phi) is 8.15. The highest BCUT2D eigenvalue weighted by atomic mass is 15.0. The number of rotatable bonds is 6. The fraction of sp³-hybridized carbons (Fsp3) is 0.0508. The van der Waals surface area contributed by atoms with Crippen LogP contribution in [0.4, 0.5) is 0 Å². The number of fused-ring (bicyclic) bond motifs is 12. The van der Waals surface area contributed by atoms with Gasteiger partial charge in [-0.2, -0.15) is 0 Å². The average Bonchev–Trinajstić information content (AvgIpc) is 3.98. The topological polar surface area (TPSA) is 61.4 Å². The molecule has 12 aromatic rings. The summed E-state index contributed by atoms with van der Waals surface area (Å²) in [6.07, 6.45) is 3.67. The van der Waals surface area contributed by atoms with Crippen molar-refractivity contribution < 1.29 is 0 Å². The highest BCUT2D eigenvalue weighted by molar-refractivity contribution is 6.31. The fourth-order valence-electron chi connectivity index (χ4n) is 10.5. The number of benzene rings is 8. The van der Waals surface area contributed by atoms with E-state index in [4.69, 9.17) is 15.0 Å². The van der Waals surface area contributed by atoms with Crippen molar-refractivity contribution in [1.82, 2.24) is 29.1 Å². The van der Waals surface area contributed by atoms with Gasteiger partial charge in [-0.15, -0.1) is 0 Å². The van der Waals surface area contributed by atoms with Crippen molar-refractivity contribution in [3.05, 3.63) is 218 Å². The van der Waals surface area contributed by atoms with E-state index in [1.54, 1.807) is 6.20 Å². The fourth-order valence-corrected chi connectivity index (χ4v) is 10.5. The summed E-state index contributed by atoms with van der Waals surface area (Å²) >= 11 is 0. The first-order chi connectivity index (χ1) is 32.0. The monoisotopic (exact) mass is 832 g/mol. The Bertz CT molecular complexity index is 3810. The summed E-state index contributed by atoms with van der Waals surface area (Å²) in [6.45, 7) is 4.81. The van der Waals surface area contributed by atoms with E-state index in [9.17, 15) is 0 Å². The van der Waals surface area contributed by atoms with E-state index in [2.05, 4.69) is 186 Å². The summed E-state index contributed by atoms with van der Waals surface area (Å²) in [5.41, 5.74) is 16.9. The van der Waals surface area contributed by atoms with E-state index in [-0.39, 0.29) is 5.41 Å². The Morgan fingerprint density at radius 3 is 1.54 bits per heavy atom. The molecular formula is C59H40N6. The lowest BCUT2D eigenvalue weighted by molar-refractivity contribution is 0.667. The molecule has 0 bridgehead atoms. The zero-order valence-corrected chi connectivity index (χ0v) is 35.8. The lowest BCUT2D eigenvalue weighted by Gasteiger charge is -2.23. The second-order valence-corrected chi connectivity index (χ2v) is 17.4. The number of hydrogen-bond acceptors (Lipinski definition) is 4. The minimum atomic E-state index is -0.263. The Morgan fingerprint density at radius 1 is 0.400 bits per heavy atom. The maximum Gasteiger partial charge on any atom is 0.164 e. The third kappa shape index (κ3) is 5.60. The summed E-state index contributed by atoms with van der Waals surface area (Å²) in [6, 6.07) is 69.0. The summed E-state index contributed by atoms with van der Waals surface area (Å²) in [4.78, 5) is 19.6. The minimum Gasteiger partial charge on any atom is -0.309 e. The Hall–Kier alpha value is -8.48. The second kappa shape index (κ2) is 14.3. The van der Waals surface area contributed by atoms with Gasteiger partial charge in [-0.3, -0.25) is 4.98 Å². The van der Waals surface area contributed by atoms with Crippen LogP contribution in [0.1, 0.15) is 25.0 Å². The highest BCUT2D eigenvalue weighted by Gasteiger charge is 2.41. The first kappa shape index (κ1) is 37.1. The molecular weight excluding hydrogens is 793 g/mol. The van der Waals surface area contributed by atoms with Crippen LogP contribution in [0.5, 0.6) is 0 Å². The van der Waals surface area contributed by atoms with Gasteiger partial charge in [0.15, 0.2) is 17.5 Å². The van der Waals surface area contributed by atoms with Gasteiger partial charge in [0.05, 0.1) is 22.1 Å². The molecule has 0 fully saturated rings. The van der Waals surface area contributed by atoms with Crippen LogP contribution < -0.4 is 0 Å². The molecule has 0 radical (unpaired) electrons. The standard InChI is InChI=1S/C59H40N6/c1-59(2)47-24-12-9-21-44(47)50-53(59)51-45-22-10-13-25-48(45)64(42-19-7-4-8-20-42)55(51)52-46-23-11-14-26-49(46)65(54(50)52)43-33-31-40(32-34-43)58-62-56(38-16-5-3-6-17-38)61-57(63-58)39-29-27-37(28-30-39)41-18-15-35-60-36-41/h3-36H,1-2H3. The van der Waals surface area contributed by atoms with Gasteiger partial charge in [0.2, 0.25) is 0 Å². The molecule has 13 rings (SSSR count). The minimum absolute atomic E-state index is 0.263. The lowest BCUT2D eigenvalue weighted by atomic mass is 9.80. The zero-order chi connectivity index (χ0) is 43.2. The molecule has 4 heterocycles. The predicted octanol–water partition coefficient (Wildman–Crippen LogP) is 14.4. The van der Waals surface area contributed by atoms with Gasteiger partial charge >= 0.3 is 0 Å². The largest absolute Gasteiger partial charge is 0.309 e. The Morgan fingerprint density at radius 2 is 0.892 bits per heavy atom. The van der Waals surface area contributed by atoms with Gasteiger partial charge in [-0.1, -0.05) is 153 Å². The van der Waals surface area contributed by atoms with E-state index in [1.165, 1.54) is 60.3 Å². The SMILES string of the molecule is CC1(C)c2ccccc2-c2c1c1c3ccccc3n(-c3ccccc3)c1c1c3ccccc3n(-c3ccc(-c4nc(-c5ccccc5)nc(-c5ccc(-c6cccnc6)cc5)n4)cc3)c21. The maximum atomic E-state index is 5.13. The van der Waals surface area contributed by atoms with Crippen molar-refractivity contribution in [2.75, 3.05) is 0 Å². The molecule has 0 saturated carbocycles. The number of pyridine rings is 1. The number of para-hydroxylation sites is 3. The van der Waals surface area contributed by atoms with Crippen LogP contribution in [0.25, 0.3) is 111 Å². The molecule has 0 amide bonds. The van der Waals surface area contributed by atoms with Crippen LogP contribution in [-0.2, 0) is 5.41 Å². The molecule has 0 N–H and O–H groups in total. The van der Waals surface area contributed by atoms with Crippen LogP contribution in [-0.4, -0.2) is 29.1 Å². The smallest absolute Gasteiger partial charge is 0.164 e. The van der Waals surface area contributed by atoms with E-state index in [1.807, 2.05) is 42.6 Å². The summed E-state index contributed by atoms with van der Waals surface area (Å²) in [7, 11) is 0. The Labute approximate surface area is 375 Å². The van der Waals surface area contributed by atoms with Gasteiger partial charge in [0, 0.05) is 73.0 Å². The molecule has 65 heavy (non-hydrogen) atoms. The normalized spacial score (nSPS) is 12.9. The third-order valence-electron chi connectivity index (χ3n) is 13.4. The van der Waals surface area contributed by atoms with Crippen molar-refractivity contribution in [2.24, 2.45) is 0 Å². The summed E-state index contributed by atoms with van der Waals surface area (Å²) in [5, 5.41) is 5.04. The van der Waals surface area contributed by atoms with Gasteiger partial charge < -0.3 is 9.13 Å². The summed E-state index contributed by atoms with van der Waals surface area (Å²) in [5.74, 6) is 1.86. The molecule has 306 valence electrons. The Balaban J connectivity index is 1.05. The average molecular weight is 833 g/mol. The van der Waals surface area contributed by atoms with Crippen molar-refractivity contribution >= 4 is 43.6 Å². The molecule has 6 heteroatoms. The van der Waals surface area contributed by atoms with Crippen molar-refractivity contribution in [3.63, 3.8) is 0 Å².